The van der Waals surface area contributed by atoms with E-state index in [-0.39, 0.29) is 22.2 Å². The number of nitrogens with one attached hydrogen (secondary N) is 1. The average molecular weight is 332 g/mol. The Morgan fingerprint density at radius 2 is 1.91 bits per heavy atom. The minimum atomic E-state index is -1.16. The van der Waals surface area contributed by atoms with Gasteiger partial charge in [-0.05, 0) is 26.8 Å². The smallest absolute Gasteiger partial charge is 0.412 e. The van der Waals surface area contributed by atoms with Crippen molar-refractivity contribution >= 4 is 29.4 Å². The van der Waals surface area contributed by atoms with Crippen LogP contribution in [0.3, 0.4) is 0 Å². The van der Waals surface area contributed by atoms with Crippen LogP contribution in [0.1, 0.15) is 20.8 Å². The summed E-state index contributed by atoms with van der Waals surface area (Å²) in [6, 6.07) is 2.78. The van der Waals surface area contributed by atoms with Gasteiger partial charge >= 0.3 is 12.1 Å². The first-order valence-corrected chi connectivity index (χ1v) is 6.72. The minimum absolute atomic E-state index is 0.106. The lowest BCUT2D eigenvalue weighted by Gasteiger charge is -2.20. The largest absolute Gasteiger partial charge is 0.495 e. The summed E-state index contributed by atoms with van der Waals surface area (Å²) in [6.45, 7) is 4.58. The first-order valence-electron chi connectivity index (χ1n) is 6.34. The third kappa shape index (κ3) is 5.69. The Morgan fingerprint density at radius 1 is 1.27 bits per heavy atom. The van der Waals surface area contributed by atoms with Crippen molar-refractivity contribution in [2.24, 2.45) is 0 Å². The van der Waals surface area contributed by atoms with Gasteiger partial charge in [-0.25, -0.2) is 9.59 Å². The van der Waals surface area contributed by atoms with Gasteiger partial charge in [-0.2, -0.15) is 0 Å². The number of rotatable bonds is 5. The number of carbonyl (C=O) groups excluding carboxylic acids is 1. The number of benzene rings is 1. The van der Waals surface area contributed by atoms with Gasteiger partial charge in [0.15, 0.2) is 6.61 Å². The van der Waals surface area contributed by atoms with Crippen LogP contribution in [0.15, 0.2) is 12.1 Å². The van der Waals surface area contributed by atoms with Crippen LogP contribution >= 0.6 is 11.6 Å². The van der Waals surface area contributed by atoms with E-state index in [2.05, 4.69) is 5.32 Å². The molecule has 0 spiro atoms. The maximum Gasteiger partial charge on any atom is 0.412 e. The Balaban J connectivity index is 3.02. The van der Waals surface area contributed by atoms with Gasteiger partial charge in [-0.1, -0.05) is 11.6 Å². The molecule has 0 heterocycles. The topological polar surface area (TPSA) is 94.1 Å². The zero-order chi connectivity index (χ0) is 16.9. The third-order valence-electron chi connectivity index (χ3n) is 2.24. The first kappa shape index (κ1) is 17.9. The summed E-state index contributed by atoms with van der Waals surface area (Å²) < 4.78 is 15.3. The maximum atomic E-state index is 11.8. The molecule has 0 radical (unpaired) electrons. The van der Waals surface area contributed by atoms with Crippen molar-refractivity contribution in [3.8, 4) is 11.5 Å². The summed E-state index contributed by atoms with van der Waals surface area (Å²) in [4.78, 5) is 22.4. The van der Waals surface area contributed by atoms with Crippen LogP contribution in [-0.2, 0) is 9.53 Å². The Bertz CT molecular complexity index is 567. The highest BCUT2D eigenvalue weighted by Gasteiger charge is 2.19. The fraction of sp³-hybridized carbons (Fsp3) is 0.429. The number of carboxylic acid groups (broad SMARTS) is 1. The number of anilines is 1. The van der Waals surface area contributed by atoms with Crippen molar-refractivity contribution in [2.45, 2.75) is 26.4 Å². The van der Waals surface area contributed by atoms with Gasteiger partial charge in [0.05, 0.1) is 17.8 Å². The number of hydrogen-bond donors (Lipinski definition) is 2. The SMILES string of the molecule is COc1cc(OCC(=O)O)c(NC(=O)OC(C)(C)C)cc1Cl. The predicted molar refractivity (Wildman–Crippen MR) is 81.0 cm³/mol. The van der Waals surface area contributed by atoms with Crippen LogP contribution in [0.2, 0.25) is 5.02 Å². The minimum Gasteiger partial charge on any atom is -0.495 e. The maximum absolute atomic E-state index is 11.8. The fourth-order valence-corrected chi connectivity index (χ4v) is 1.70. The number of ether oxygens (including phenoxy) is 3. The highest BCUT2D eigenvalue weighted by atomic mass is 35.5. The van der Waals surface area contributed by atoms with E-state index in [9.17, 15) is 9.59 Å². The number of carbonyl (C=O) groups is 2. The molecular formula is C14H18ClNO6. The van der Waals surface area contributed by atoms with Crippen molar-refractivity contribution < 1.29 is 28.9 Å². The van der Waals surface area contributed by atoms with Crippen LogP contribution in [0, 0.1) is 0 Å². The second-order valence-electron chi connectivity index (χ2n) is 5.29. The van der Waals surface area contributed by atoms with E-state index in [4.69, 9.17) is 30.9 Å². The van der Waals surface area contributed by atoms with Crippen molar-refractivity contribution in [3.05, 3.63) is 17.2 Å². The van der Waals surface area contributed by atoms with Crippen molar-refractivity contribution in [1.29, 1.82) is 0 Å². The van der Waals surface area contributed by atoms with Crippen molar-refractivity contribution in [2.75, 3.05) is 19.0 Å². The molecule has 0 saturated carbocycles. The molecule has 122 valence electrons. The highest BCUT2D eigenvalue weighted by Crippen LogP contribution is 2.36. The Hall–Kier alpha value is -2.15. The van der Waals surface area contributed by atoms with E-state index in [1.807, 2.05) is 0 Å². The molecule has 1 amide bonds. The summed E-state index contributed by atoms with van der Waals surface area (Å²) >= 11 is 5.99. The Morgan fingerprint density at radius 3 is 2.41 bits per heavy atom. The third-order valence-corrected chi connectivity index (χ3v) is 2.54. The standard InChI is InChI=1S/C14H18ClNO6/c1-14(2,3)22-13(19)16-9-5-8(15)10(20-4)6-11(9)21-7-12(17)18/h5-6H,7H2,1-4H3,(H,16,19)(H,17,18). The molecule has 0 aromatic heterocycles. The van der Waals surface area contributed by atoms with E-state index in [0.29, 0.717) is 0 Å². The fourth-order valence-electron chi connectivity index (χ4n) is 1.46. The molecule has 0 fully saturated rings. The number of methoxy groups -OCH3 is 1. The normalized spacial score (nSPS) is 10.8. The average Bonchev–Trinajstić information content (AvgIpc) is 2.35. The summed E-state index contributed by atoms with van der Waals surface area (Å²) in [6.07, 6.45) is -0.714. The molecular weight excluding hydrogens is 314 g/mol. The highest BCUT2D eigenvalue weighted by molar-refractivity contribution is 6.32. The summed E-state index contributed by atoms with van der Waals surface area (Å²) in [5, 5.41) is 11.4. The van der Waals surface area contributed by atoms with Crippen LogP contribution in [0.5, 0.6) is 11.5 Å². The molecule has 0 saturated heterocycles. The number of aliphatic carboxylic acids is 1. The molecule has 0 atom stereocenters. The second-order valence-corrected chi connectivity index (χ2v) is 5.70. The molecule has 1 rings (SSSR count). The van der Waals surface area contributed by atoms with Crippen LogP contribution < -0.4 is 14.8 Å². The quantitative estimate of drug-likeness (QED) is 0.860. The van der Waals surface area contributed by atoms with Gasteiger partial charge in [-0.3, -0.25) is 5.32 Å². The predicted octanol–water partition coefficient (Wildman–Crippen LogP) is 3.16. The monoisotopic (exact) mass is 331 g/mol. The van der Waals surface area contributed by atoms with Gasteiger partial charge in [-0.15, -0.1) is 0 Å². The number of carboxylic acids is 1. The van der Waals surface area contributed by atoms with E-state index >= 15 is 0 Å². The molecule has 1 aromatic rings. The van der Waals surface area contributed by atoms with Crippen LogP contribution in [0.25, 0.3) is 0 Å². The molecule has 22 heavy (non-hydrogen) atoms. The number of halogens is 1. The molecule has 0 bridgehead atoms. The van der Waals surface area contributed by atoms with E-state index in [1.54, 1.807) is 20.8 Å². The summed E-state index contributed by atoms with van der Waals surface area (Å²) in [5.41, 5.74) is -0.496. The van der Waals surface area contributed by atoms with Gasteiger partial charge < -0.3 is 19.3 Å². The molecule has 8 heteroatoms. The van der Waals surface area contributed by atoms with E-state index in [0.717, 1.165) is 0 Å². The zero-order valence-electron chi connectivity index (χ0n) is 12.7. The summed E-state index contributed by atoms with van der Waals surface area (Å²) in [5.74, 6) is -0.761. The van der Waals surface area contributed by atoms with Crippen molar-refractivity contribution in [1.82, 2.24) is 0 Å². The van der Waals surface area contributed by atoms with E-state index < -0.39 is 24.3 Å². The molecule has 0 aliphatic heterocycles. The first-order chi connectivity index (χ1) is 10.1. The second kappa shape index (κ2) is 7.22. The van der Waals surface area contributed by atoms with Crippen LogP contribution in [-0.4, -0.2) is 36.5 Å². The number of amides is 1. The zero-order valence-corrected chi connectivity index (χ0v) is 13.5. The van der Waals surface area contributed by atoms with Gasteiger partial charge in [0, 0.05) is 6.07 Å². The molecule has 0 aliphatic rings. The number of hydrogen-bond acceptors (Lipinski definition) is 5. The molecule has 2 N–H and O–H groups in total. The lowest BCUT2D eigenvalue weighted by Crippen LogP contribution is -2.27. The van der Waals surface area contributed by atoms with Crippen LogP contribution in [0.4, 0.5) is 10.5 Å². The Labute approximate surface area is 133 Å². The Kier molecular flexibility index (Phi) is 5.87. The molecule has 1 aromatic carbocycles. The lowest BCUT2D eigenvalue weighted by molar-refractivity contribution is -0.139. The van der Waals surface area contributed by atoms with E-state index in [1.165, 1.54) is 19.2 Å². The van der Waals surface area contributed by atoms with Crippen molar-refractivity contribution in [3.63, 3.8) is 0 Å². The molecule has 7 nitrogen and oxygen atoms in total. The molecule has 0 unspecified atom stereocenters. The summed E-state index contributed by atoms with van der Waals surface area (Å²) in [7, 11) is 1.41. The molecule has 0 aliphatic carbocycles. The lowest BCUT2D eigenvalue weighted by atomic mass is 10.2. The van der Waals surface area contributed by atoms with Gasteiger partial charge in [0.1, 0.15) is 17.1 Å². The van der Waals surface area contributed by atoms with Gasteiger partial charge in [0.25, 0.3) is 0 Å². The van der Waals surface area contributed by atoms with Gasteiger partial charge in [0.2, 0.25) is 0 Å².